The molecule has 33 heavy (non-hydrogen) atoms. The van der Waals surface area contributed by atoms with Crippen molar-refractivity contribution < 1.29 is 22.7 Å². The smallest absolute Gasteiger partial charge is 0.241 e. The largest absolute Gasteiger partial charge is 0.496 e. The summed E-state index contributed by atoms with van der Waals surface area (Å²) in [6, 6.07) is 20.2. The number of para-hydroxylation sites is 1. The van der Waals surface area contributed by atoms with E-state index in [4.69, 9.17) is 9.47 Å². The molecule has 7 nitrogen and oxygen atoms in total. The first kappa shape index (κ1) is 24.3. The number of methoxy groups -OCH3 is 2. The van der Waals surface area contributed by atoms with Crippen LogP contribution in [0.1, 0.15) is 16.7 Å². The minimum Gasteiger partial charge on any atom is -0.496 e. The first-order valence-electron chi connectivity index (χ1n) is 10.4. The summed E-state index contributed by atoms with van der Waals surface area (Å²) < 4.78 is 39.3. The summed E-state index contributed by atoms with van der Waals surface area (Å²) in [5.41, 5.74) is 2.31. The zero-order chi connectivity index (χ0) is 23.8. The van der Waals surface area contributed by atoms with Crippen LogP contribution in [0.3, 0.4) is 0 Å². The molecular weight excluding hydrogens is 440 g/mol. The van der Waals surface area contributed by atoms with Crippen LogP contribution in [0.4, 0.5) is 0 Å². The molecule has 0 unspecified atom stereocenters. The quantitative estimate of drug-likeness (QED) is 0.477. The molecule has 0 aliphatic heterocycles. The monoisotopic (exact) mass is 468 g/mol. The van der Waals surface area contributed by atoms with Crippen molar-refractivity contribution in [1.29, 1.82) is 0 Å². The highest BCUT2D eigenvalue weighted by molar-refractivity contribution is 7.89. The van der Waals surface area contributed by atoms with Gasteiger partial charge in [-0.05, 0) is 48.7 Å². The lowest BCUT2D eigenvalue weighted by Crippen LogP contribution is -2.47. The van der Waals surface area contributed by atoms with Crippen molar-refractivity contribution in [2.45, 2.75) is 30.8 Å². The molecule has 1 atom stereocenters. The lowest BCUT2D eigenvalue weighted by Gasteiger charge is -2.20. The molecule has 3 rings (SSSR count). The van der Waals surface area contributed by atoms with E-state index in [0.717, 1.165) is 11.1 Å². The molecule has 0 saturated heterocycles. The zero-order valence-corrected chi connectivity index (χ0v) is 19.7. The Balaban J connectivity index is 1.82. The van der Waals surface area contributed by atoms with Gasteiger partial charge in [0, 0.05) is 12.1 Å². The fourth-order valence-corrected chi connectivity index (χ4v) is 4.75. The molecule has 0 spiro atoms. The Hall–Kier alpha value is -3.36. The minimum atomic E-state index is -3.96. The second-order valence-corrected chi connectivity index (χ2v) is 9.24. The SMILES string of the molecule is COc1ccc(S(=O)(=O)N[C@@H](Cc2ccccc2)C(=O)NCc2ccccc2OC)cc1C. The Morgan fingerprint density at radius 3 is 2.24 bits per heavy atom. The maximum atomic E-state index is 13.1. The molecule has 1 amide bonds. The summed E-state index contributed by atoms with van der Waals surface area (Å²) in [6.45, 7) is 1.97. The summed E-state index contributed by atoms with van der Waals surface area (Å²) in [5, 5.41) is 2.83. The van der Waals surface area contributed by atoms with E-state index in [1.165, 1.54) is 19.2 Å². The number of benzene rings is 3. The van der Waals surface area contributed by atoms with Gasteiger partial charge in [0.05, 0.1) is 19.1 Å². The highest BCUT2D eigenvalue weighted by Gasteiger charge is 2.26. The summed E-state index contributed by atoms with van der Waals surface area (Å²) in [5.74, 6) is 0.801. The van der Waals surface area contributed by atoms with Gasteiger partial charge in [-0.2, -0.15) is 4.72 Å². The van der Waals surface area contributed by atoms with Crippen molar-refractivity contribution in [3.8, 4) is 11.5 Å². The highest BCUT2D eigenvalue weighted by atomic mass is 32.2. The Labute approximate surface area is 194 Å². The molecular formula is C25H28N2O5S. The van der Waals surface area contributed by atoms with E-state index < -0.39 is 22.0 Å². The number of aryl methyl sites for hydroxylation is 1. The molecule has 0 aromatic heterocycles. The van der Waals surface area contributed by atoms with E-state index in [9.17, 15) is 13.2 Å². The number of amides is 1. The fraction of sp³-hybridized carbons (Fsp3) is 0.240. The van der Waals surface area contributed by atoms with Crippen molar-refractivity contribution in [2.75, 3.05) is 14.2 Å². The van der Waals surface area contributed by atoms with Gasteiger partial charge in [-0.1, -0.05) is 48.5 Å². The van der Waals surface area contributed by atoms with Gasteiger partial charge in [-0.15, -0.1) is 0 Å². The van der Waals surface area contributed by atoms with Gasteiger partial charge in [0.25, 0.3) is 0 Å². The van der Waals surface area contributed by atoms with Crippen LogP contribution in [0, 0.1) is 6.92 Å². The van der Waals surface area contributed by atoms with Gasteiger partial charge in [-0.3, -0.25) is 4.79 Å². The first-order valence-corrected chi connectivity index (χ1v) is 11.9. The lowest BCUT2D eigenvalue weighted by molar-refractivity contribution is -0.122. The number of hydrogen-bond acceptors (Lipinski definition) is 5. The summed E-state index contributed by atoms with van der Waals surface area (Å²) in [7, 11) is -0.875. The third-order valence-electron chi connectivity index (χ3n) is 5.22. The van der Waals surface area contributed by atoms with Crippen molar-refractivity contribution in [2.24, 2.45) is 0 Å². The molecule has 8 heteroatoms. The number of hydrogen-bond donors (Lipinski definition) is 2. The number of carbonyl (C=O) groups is 1. The van der Waals surface area contributed by atoms with Gasteiger partial charge in [-0.25, -0.2) is 8.42 Å². The Morgan fingerprint density at radius 2 is 1.58 bits per heavy atom. The summed E-state index contributed by atoms with van der Waals surface area (Å²) in [6.07, 6.45) is 0.201. The van der Waals surface area contributed by atoms with Gasteiger partial charge < -0.3 is 14.8 Å². The normalized spacial score (nSPS) is 12.1. The van der Waals surface area contributed by atoms with Crippen LogP contribution in [0.5, 0.6) is 11.5 Å². The molecule has 2 N–H and O–H groups in total. The van der Waals surface area contributed by atoms with Crippen LogP contribution < -0.4 is 19.5 Å². The van der Waals surface area contributed by atoms with Crippen LogP contribution in [-0.4, -0.2) is 34.6 Å². The van der Waals surface area contributed by atoms with Crippen LogP contribution in [0.25, 0.3) is 0 Å². The molecule has 174 valence electrons. The van der Waals surface area contributed by atoms with Gasteiger partial charge in [0.15, 0.2) is 0 Å². The second kappa shape index (κ2) is 11.0. The molecule has 0 aliphatic carbocycles. The Bertz CT molecular complexity index is 1200. The van der Waals surface area contributed by atoms with Gasteiger partial charge in [0.2, 0.25) is 15.9 Å². The van der Waals surface area contributed by atoms with Crippen LogP contribution in [0.2, 0.25) is 0 Å². The molecule has 0 saturated carbocycles. The number of sulfonamides is 1. The number of ether oxygens (including phenoxy) is 2. The Kier molecular flexibility index (Phi) is 8.08. The van der Waals surface area contributed by atoms with Crippen molar-refractivity contribution >= 4 is 15.9 Å². The van der Waals surface area contributed by atoms with Crippen molar-refractivity contribution in [3.05, 3.63) is 89.5 Å². The molecule has 0 bridgehead atoms. The van der Waals surface area contributed by atoms with Crippen LogP contribution in [-0.2, 0) is 27.8 Å². The predicted molar refractivity (Wildman–Crippen MR) is 127 cm³/mol. The molecule has 3 aromatic rings. The Morgan fingerprint density at radius 1 is 0.909 bits per heavy atom. The predicted octanol–water partition coefficient (Wildman–Crippen LogP) is 3.22. The number of nitrogens with one attached hydrogen (secondary N) is 2. The van der Waals surface area contributed by atoms with E-state index in [1.54, 1.807) is 26.2 Å². The average Bonchev–Trinajstić information content (AvgIpc) is 2.82. The van der Waals surface area contributed by atoms with E-state index in [0.29, 0.717) is 17.1 Å². The maximum absolute atomic E-state index is 13.1. The zero-order valence-electron chi connectivity index (χ0n) is 18.9. The standard InChI is InChI=1S/C25H28N2O5S/c1-18-15-21(13-14-23(18)31-2)33(29,30)27-22(16-19-9-5-4-6-10-19)25(28)26-17-20-11-7-8-12-24(20)32-3/h4-15,22,27H,16-17H2,1-3H3,(H,26,28)/t22-/m0/s1. The third kappa shape index (κ3) is 6.34. The fourth-order valence-electron chi connectivity index (χ4n) is 3.47. The maximum Gasteiger partial charge on any atom is 0.241 e. The number of carbonyl (C=O) groups excluding carboxylic acids is 1. The molecule has 0 radical (unpaired) electrons. The van der Waals surface area contributed by atoms with Crippen LogP contribution >= 0.6 is 0 Å². The topological polar surface area (TPSA) is 93.7 Å². The molecule has 0 aliphatic rings. The molecule has 0 fully saturated rings. The highest BCUT2D eigenvalue weighted by Crippen LogP contribution is 2.22. The lowest BCUT2D eigenvalue weighted by atomic mass is 10.1. The average molecular weight is 469 g/mol. The molecule has 0 heterocycles. The second-order valence-electron chi connectivity index (χ2n) is 7.52. The van der Waals surface area contributed by atoms with Crippen molar-refractivity contribution in [3.63, 3.8) is 0 Å². The first-order chi connectivity index (χ1) is 15.8. The van der Waals surface area contributed by atoms with Crippen LogP contribution in [0.15, 0.2) is 77.7 Å². The third-order valence-corrected chi connectivity index (χ3v) is 6.69. The van der Waals surface area contributed by atoms with E-state index in [1.807, 2.05) is 48.5 Å². The minimum absolute atomic E-state index is 0.0661. The summed E-state index contributed by atoms with van der Waals surface area (Å²) in [4.78, 5) is 13.2. The van der Waals surface area contributed by atoms with E-state index in [2.05, 4.69) is 10.0 Å². The molecule has 3 aromatic carbocycles. The van der Waals surface area contributed by atoms with E-state index >= 15 is 0 Å². The van der Waals surface area contributed by atoms with Crippen molar-refractivity contribution in [1.82, 2.24) is 10.0 Å². The van der Waals surface area contributed by atoms with Gasteiger partial charge >= 0.3 is 0 Å². The van der Waals surface area contributed by atoms with Gasteiger partial charge in [0.1, 0.15) is 17.5 Å². The number of rotatable bonds is 10. The summed E-state index contributed by atoms with van der Waals surface area (Å²) >= 11 is 0. The van der Waals surface area contributed by atoms with E-state index in [-0.39, 0.29) is 17.9 Å².